The summed E-state index contributed by atoms with van der Waals surface area (Å²) in [5.41, 5.74) is 3.33. The van der Waals surface area contributed by atoms with Gasteiger partial charge in [0.1, 0.15) is 0 Å². The molecule has 2 unspecified atom stereocenters. The van der Waals surface area contributed by atoms with E-state index in [1.807, 2.05) is 65.3 Å². The summed E-state index contributed by atoms with van der Waals surface area (Å²) < 4.78 is 1.83. The van der Waals surface area contributed by atoms with Crippen LogP contribution in [0.2, 0.25) is 0 Å². The predicted molar refractivity (Wildman–Crippen MR) is 147 cm³/mol. The van der Waals surface area contributed by atoms with Crippen LogP contribution < -0.4 is 16.0 Å². The zero-order valence-electron chi connectivity index (χ0n) is 21.3. The number of nitrogens with zero attached hydrogens (tertiary/aromatic N) is 2. The molecule has 2 atom stereocenters. The predicted octanol–water partition coefficient (Wildman–Crippen LogP) is 4.44. The van der Waals surface area contributed by atoms with Crippen LogP contribution in [0, 0.1) is 11.8 Å². The molecule has 2 amide bonds. The zero-order valence-corrected chi connectivity index (χ0v) is 21.3. The molecule has 1 saturated heterocycles. The second kappa shape index (κ2) is 9.70. The van der Waals surface area contributed by atoms with Crippen molar-refractivity contribution in [1.29, 1.82) is 0 Å². The second-order valence-corrected chi connectivity index (χ2v) is 10.5. The van der Waals surface area contributed by atoms with Gasteiger partial charge in [0.2, 0.25) is 5.91 Å². The molecule has 38 heavy (non-hydrogen) atoms. The molecule has 2 heterocycles. The molecule has 2 fully saturated rings. The van der Waals surface area contributed by atoms with Crippen LogP contribution in [-0.4, -0.2) is 39.8 Å². The number of hydrogen-bond donors (Lipinski definition) is 4. The van der Waals surface area contributed by atoms with Crippen LogP contribution >= 0.6 is 0 Å². The number of amides is 2. The lowest BCUT2D eigenvalue weighted by Gasteiger charge is -2.34. The third-order valence-corrected chi connectivity index (χ3v) is 7.76. The minimum atomic E-state index is -1.01. The minimum Gasteiger partial charge on any atom is -0.385 e. The molecule has 1 aliphatic heterocycles. The lowest BCUT2D eigenvalue weighted by Crippen LogP contribution is -2.40. The largest absolute Gasteiger partial charge is 0.385 e. The molecule has 194 valence electrons. The molecule has 6 rings (SSSR count). The normalized spacial score (nSPS) is 20.2. The quantitative estimate of drug-likeness (QED) is 0.307. The van der Waals surface area contributed by atoms with E-state index in [2.05, 4.69) is 28.0 Å². The minimum absolute atomic E-state index is 0.0805. The van der Waals surface area contributed by atoms with Crippen LogP contribution in [0.4, 0.5) is 11.4 Å². The van der Waals surface area contributed by atoms with Gasteiger partial charge in [0.25, 0.3) is 5.91 Å². The highest BCUT2D eigenvalue weighted by molar-refractivity contribution is 6.06. The molecule has 2 aliphatic rings. The molecular weight excluding hydrogens is 478 g/mol. The molecule has 0 radical (unpaired) electrons. The Morgan fingerprint density at radius 1 is 1.00 bits per heavy atom. The highest BCUT2D eigenvalue weighted by Crippen LogP contribution is 2.38. The maximum absolute atomic E-state index is 13.3. The van der Waals surface area contributed by atoms with Crippen molar-refractivity contribution in [2.24, 2.45) is 11.8 Å². The van der Waals surface area contributed by atoms with Crippen LogP contribution in [0.25, 0.3) is 16.6 Å². The van der Waals surface area contributed by atoms with Gasteiger partial charge in [0.05, 0.1) is 23.0 Å². The highest BCUT2D eigenvalue weighted by Gasteiger charge is 2.39. The number of nitrogens with one attached hydrogen (secondary N) is 3. The van der Waals surface area contributed by atoms with E-state index in [1.165, 1.54) is 0 Å². The first-order valence-electron chi connectivity index (χ1n) is 13.1. The molecule has 1 aromatic heterocycles. The molecule has 3 aromatic carbocycles. The van der Waals surface area contributed by atoms with Crippen LogP contribution in [0.5, 0.6) is 0 Å². The third kappa shape index (κ3) is 4.68. The van der Waals surface area contributed by atoms with E-state index in [-0.39, 0.29) is 17.7 Å². The van der Waals surface area contributed by atoms with Gasteiger partial charge in [-0.3, -0.25) is 9.59 Å². The fourth-order valence-corrected chi connectivity index (χ4v) is 5.32. The number of benzene rings is 3. The molecule has 4 N–H and O–H groups in total. The van der Waals surface area contributed by atoms with Gasteiger partial charge in [-0.1, -0.05) is 25.1 Å². The lowest BCUT2D eigenvalue weighted by molar-refractivity contribution is -0.117. The topological polar surface area (TPSA) is 108 Å². The SMILES string of the molecule is CC1CC1C(=O)Nc1ccc(-n2ncc3cc(NC(=O)c4ccccc4C4(O)CCNCC4)ccc32)cc1. The zero-order chi connectivity index (χ0) is 26.3. The average Bonchev–Trinajstić information content (AvgIpc) is 3.53. The summed E-state index contributed by atoms with van der Waals surface area (Å²) in [4.78, 5) is 25.5. The number of anilines is 2. The highest BCUT2D eigenvalue weighted by atomic mass is 16.3. The summed E-state index contributed by atoms with van der Waals surface area (Å²) in [5.74, 6) is 0.423. The van der Waals surface area contributed by atoms with Gasteiger partial charge in [0, 0.05) is 28.2 Å². The lowest BCUT2D eigenvalue weighted by atomic mass is 9.82. The Balaban J connectivity index is 1.19. The third-order valence-electron chi connectivity index (χ3n) is 7.76. The van der Waals surface area contributed by atoms with Crippen molar-refractivity contribution >= 4 is 34.1 Å². The first-order chi connectivity index (χ1) is 18.4. The van der Waals surface area contributed by atoms with Gasteiger partial charge in [0.15, 0.2) is 0 Å². The number of carbonyl (C=O) groups is 2. The van der Waals surface area contributed by atoms with Gasteiger partial charge in [-0.15, -0.1) is 0 Å². The Morgan fingerprint density at radius 2 is 1.71 bits per heavy atom. The first-order valence-corrected chi connectivity index (χ1v) is 13.1. The summed E-state index contributed by atoms with van der Waals surface area (Å²) in [6.07, 6.45) is 3.85. The number of fused-ring (bicyclic) bond motifs is 1. The number of hydrogen-bond acceptors (Lipinski definition) is 5. The van der Waals surface area contributed by atoms with E-state index in [1.54, 1.807) is 12.3 Å². The number of rotatable bonds is 6. The van der Waals surface area contributed by atoms with Crippen LogP contribution in [0.3, 0.4) is 0 Å². The van der Waals surface area contributed by atoms with Crippen molar-refractivity contribution in [3.8, 4) is 5.69 Å². The van der Waals surface area contributed by atoms with Crippen molar-refractivity contribution in [1.82, 2.24) is 15.1 Å². The molecule has 0 bridgehead atoms. The Bertz CT molecular complexity index is 1500. The van der Waals surface area contributed by atoms with Crippen molar-refractivity contribution < 1.29 is 14.7 Å². The maximum Gasteiger partial charge on any atom is 0.256 e. The smallest absolute Gasteiger partial charge is 0.256 e. The Hall–Kier alpha value is -4.01. The summed E-state index contributed by atoms with van der Waals surface area (Å²) in [7, 11) is 0. The van der Waals surface area contributed by atoms with E-state index in [9.17, 15) is 14.7 Å². The van der Waals surface area contributed by atoms with Crippen molar-refractivity contribution in [2.45, 2.75) is 31.8 Å². The van der Waals surface area contributed by atoms with Gasteiger partial charge >= 0.3 is 0 Å². The van der Waals surface area contributed by atoms with Gasteiger partial charge < -0.3 is 21.1 Å². The van der Waals surface area contributed by atoms with Gasteiger partial charge in [-0.25, -0.2) is 4.68 Å². The Labute approximate surface area is 221 Å². The number of aliphatic hydroxyl groups is 1. The molecule has 0 spiro atoms. The molecule has 1 aliphatic carbocycles. The van der Waals surface area contributed by atoms with Crippen LogP contribution in [0.1, 0.15) is 42.1 Å². The number of carbonyl (C=O) groups excluding carboxylic acids is 2. The second-order valence-electron chi connectivity index (χ2n) is 10.5. The van der Waals surface area contributed by atoms with Gasteiger partial charge in [-0.2, -0.15) is 5.10 Å². The Morgan fingerprint density at radius 3 is 2.45 bits per heavy atom. The van der Waals surface area contributed by atoms with Gasteiger partial charge in [-0.05, 0) is 92.4 Å². The van der Waals surface area contributed by atoms with Crippen LogP contribution in [-0.2, 0) is 10.4 Å². The molecule has 1 saturated carbocycles. The fraction of sp³-hybridized carbons (Fsp3) is 0.300. The van der Waals surface area contributed by atoms with E-state index in [0.717, 1.165) is 28.7 Å². The van der Waals surface area contributed by atoms with Crippen molar-refractivity contribution in [3.63, 3.8) is 0 Å². The monoisotopic (exact) mass is 509 g/mol. The summed E-state index contributed by atoms with van der Waals surface area (Å²) in [6.45, 7) is 3.51. The fourth-order valence-electron chi connectivity index (χ4n) is 5.32. The summed E-state index contributed by atoms with van der Waals surface area (Å²) in [5, 5.41) is 25.9. The van der Waals surface area contributed by atoms with E-state index >= 15 is 0 Å². The van der Waals surface area contributed by atoms with E-state index in [0.29, 0.717) is 48.7 Å². The number of aromatic nitrogens is 2. The van der Waals surface area contributed by atoms with Crippen LogP contribution in [0.15, 0.2) is 72.9 Å². The van der Waals surface area contributed by atoms with E-state index in [4.69, 9.17) is 0 Å². The molecule has 8 nitrogen and oxygen atoms in total. The molecular formula is C30H31N5O3. The summed E-state index contributed by atoms with van der Waals surface area (Å²) >= 11 is 0. The summed E-state index contributed by atoms with van der Waals surface area (Å²) in [6, 6.07) is 20.6. The van der Waals surface area contributed by atoms with Crippen molar-refractivity contribution in [2.75, 3.05) is 23.7 Å². The van der Waals surface area contributed by atoms with Crippen molar-refractivity contribution in [3.05, 3.63) is 84.1 Å². The molecule has 8 heteroatoms. The number of piperidine rings is 1. The maximum atomic E-state index is 13.3. The standard InChI is InChI=1S/C30H31N5O3/c1-19-16-25(19)29(37)33-21-6-9-23(10-7-21)35-27-11-8-22(17-20(27)18-32-35)34-28(36)24-4-2-3-5-26(24)30(38)12-14-31-15-13-30/h2-11,17-19,25,31,38H,12-16H2,1H3,(H,33,37)(H,34,36). The molecule has 4 aromatic rings. The average molecular weight is 510 g/mol. The first kappa shape index (κ1) is 24.3. The Kier molecular flexibility index (Phi) is 6.21. The van der Waals surface area contributed by atoms with E-state index < -0.39 is 5.60 Å².